The van der Waals surface area contributed by atoms with Crippen LogP contribution in [0.4, 0.5) is 5.69 Å². The van der Waals surface area contributed by atoms with Gasteiger partial charge in [-0.2, -0.15) is 0 Å². The molecule has 0 heterocycles. The van der Waals surface area contributed by atoms with E-state index < -0.39 is 5.60 Å². The molecule has 0 aliphatic carbocycles. The van der Waals surface area contributed by atoms with Gasteiger partial charge in [0.05, 0.1) is 6.61 Å². The quantitative estimate of drug-likeness (QED) is 0.781. The third-order valence-corrected chi connectivity index (χ3v) is 3.83. The number of carbonyl (C=O) groups is 1. The molecule has 0 unspecified atom stereocenters. The molecule has 22 heavy (non-hydrogen) atoms. The Morgan fingerprint density at radius 3 is 2.23 bits per heavy atom. The molecule has 124 valence electrons. The molecule has 1 aromatic carbocycles. The Labute approximate surface area is 134 Å². The lowest BCUT2D eigenvalue weighted by Crippen LogP contribution is -2.41. The molecular weight excluding hydrogens is 278 g/mol. The van der Waals surface area contributed by atoms with E-state index in [0.29, 0.717) is 13.0 Å². The fourth-order valence-electron chi connectivity index (χ4n) is 2.50. The number of hydrogen-bond acceptors (Lipinski definition) is 3. The highest BCUT2D eigenvalue weighted by Crippen LogP contribution is 2.28. The Kier molecular flexibility index (Phi) is 6.88. The third kappa shape index (κ3) is 4.47. The molecule has 1 atom stereocenters. The largest absolute Gasteiger partial charge is 0.493 e. The van der Waals surface area contributed by atoms with Crippen LogP contribution in [0.25, 0.3) is 0 Å². The molecule has 0 bridgehead atoms. The van der Waals surface area contributed by atoms with Crippen molar-refractivity contribution >= 4 is 11.6 Å². The summed E-state index contributed by atoms with van der Waals surface area (Å²) in [5.41, 5.74) is 2.04. The van der Waals surface area contributed by atoms with Gasteiger partial charge in [0.25, 0.3) is 5.91 Å². The van der Waals surface area contributed by atoms with Gasteiger partial charge < -0.3 is 14.8 Å². The summed E-state index contributed by atoms with van der Waals surface area (Å²) < 4.78 is 11.2. The molecule has 4 nitrogen and oxygen atoms in total. The molecule has 1 rings (SSSR count). The molecule has 1 amide bonds. The van der Waals surface area contributed by atoms with E-state index in [1.165, 1.54) is 0 Å². The molecule has 0 saturated carbocycles. The van der Waals surface area contributed by atoms with Crippen LogP contribution in [0.1, 0.15) is 51.2 Å². The van der Waals surface area contributed by atoms with Crippen molar-refractivity contribution in [3.63, 3.8) is 0 Å². The smallest absolute Gasteiger partial charge is 0.256 e. The normalized spacial score (nSPS) is 13.5. The number of hydrogen-bond donors (Lipinski definition) is 1. The first-order chi connectivity index (χ1) is 10.4. The van der Waals surface area contributed by atoms with Crippen LogP contribution in [0.5, 0.6) is 5.75 Å². The van der Waals surface area contributed by atoms with Crippen LogP contribution in [-0.4, -0.2) is 25.2 Å². The summed E-state index contributed by atoms with van der Waals surface area (Å²) in [6, 6.07) is 3.88. The number of methoxy groups -OCH3 is 1. The molecule has 0 aliphatic heterocycles. The Hall–Kier alpha value is -1.55. The highest BCUT2D eigenvalue weighted by Gasteiger charge is 2.32. The van der Waals surface area contributed by atoms with Crippen LogP contribution in [0.3, 0.4) is 0 Å². The fourth-order valence-corrected chi connectivity index (χ4v) is 2.50. The van der Waals surface area contributed by atoms with E-state index in [4.69, 9.17) is 9.47 Å². The van der Waals surface area contributed by atoms with Gasteiger partial charge in [0, 0.05) is 12.8 Å². The predicted octanol–water partition coefficient (Wildman–Crippen LogP) is 4.24. The maximum absolute atomic E-state index is 12.5. The van der Waals surface area contributed by atoms with Crippen molar-refractivity contribution in [2.75, 3.05) is 19.0 Å². The van der Waals surface area contributed by atoms with Gasteiger partial charge in [-0.3, -0.25) is 4.79 Å². The maximum Gasteiger partial charge on any atom is 0.256 e. The molecule has 0 saturated heterocycles. The van der Waals surface area contributed by atoms with Crippen LogP contribution >= 0.6 is 0 Å². The number of aryl methyl sites for hydroxylation is 2. The van der Waals surface area contributed by atoms with E-state index in [0.717, 1.165) is 35.4 Å². The molecule has 0 spiro atoms. The van der Waals surface area contributed by atoms with Gasteiger partial charge in [-0.1, -0.05) is 20.3 Å². The molecular formula is C18H29NO3. The van der Waals surface area contributed by atoms with E-state index in [2.05, 4.69) is 12.2 Å². The summed E-state index contributed by atoms with van der Waals surface area (Å²) in [6.07, 6.45) is 2.55. The van der Waals surface area contributed by atoms with Gasteiger partial charge in [0.1, 0.15) is 11.4 Å². The average molecular weight is 307 g/mol. The maximum atomic E-state index is 12.5. The first kappa shape index (κ1) is 18.5. The summed E-state index contributed by atoms with van der Waals surface area (Å²) in [7, 11) is 1.58. The first-order valence-electron chi connectivity index (χ1n) is 7.98. The standard InChI is InChI=1S/C18H29NO3/c1-7-9-18(5,21-6)17(20)19-15-11-13(3)16(14(4)12-15)22-10-8-2/h11-12H,7-10H2,1-6H3,(H,19,20)/t18-/m0/s1. The number of nitrogens with one attached hydrogen (secondary N) is 1. The zero-order valence-corrected chi connectivity index (χ0v) is 14.7. The average Bonchev–Trinajstić information content (AvgIpc) is 2.46. The Bertz CT molecular complexity index is 490. The highest BCUT2D eigenvalue weighted by molar-refractivity contribution is 5.97. The molecule has 0 aliphatic rings. The van der Waals surface area contributed by atoms with Crippen LogP contribution in [0.15, 0.2) is 12.1 Å². The predicted molar refractivity (Wildman–Crippen MR) is 90.7 cm³/mol. The van der Waals surface area contributed by atoms with Crippen molar-refractivity contribution in [3.05, 3.63) is 23.3 Å². The molecule has 0 aromatic heterocycles. The van der Waals surface area contributed by atoms with Crippen molar-refractivity contribution in [1.82, 2.24) is 0 Å². The van der Waals surface area contributed by atoms with Gasteiger partial charge in [-0.05, 0) is 56.9 Å². The summed E-state index contributed by atoms with van der Waals surface area (Å²) >= 11 is 0. The van der Waals surface area contributed by atoms with Gasteiger partial charge in [-0.25, -0.2) is 0 Å². The van der Waals surface area contributed by atoms with Crippen molar-refractivity contribution in [2.24, 2.45) is 0 Å². The lowest BCUT2D eigenvalue weighted by Gasteiger charge is -2.26. The van der Waals surface area contributed by atoms with E-state index in [-0.39, 0.29) is 5.91 Å². The summed E-state index contributed by atoms with van der Waals surface area (Å²) in [4.78, 5) is 12.5. The van der Waals surface area contributed by atoms with Crippen LogP contribution in [0.2, 0.25) is 0 Å². The topological polar surface area (TPSA) is 47.6 Å². The van der Waals surface area contributed by atoms with Crippen LogP contribution in [-0.2, 0) is 9.53 Å². The van der Waals surface area contributed by atoms with Crippen LogP contribution in [0, 0.1) is 13.8 Å². The summed E-state index contributed by atoms with van der Waals surface area (Å²) in [6.45, 7) is 10.6. The SMILES string of the molecule is CCCOc1c(C)cc(NC(=O)[C@](C)(CCC)OC)cc1C. The lowest BCUT2D eigenvalue weighted by molar-refractivity contribution is -0.136. The molecule has 0 fully saturated rings. The van der Waals surface area contributed by atoms with E-state index in [1.807, 2.05) is 39.8 Å². The van der Waals surface area contributed by atoms with Crippen molar-refractivity contribution in [3.8, 4) is 5.75 Å². The van der Waals surface area contributed by atoms with E-state index in [1.54, 1.807) is 7.11 Å². The second kappa shape index (κ2) is 8.18. The number of ether oxygens (including phenoxy) is 2. The fraction of sp³-hybridized carbons (Fsp3) is 0.611. The molecule has 0 radical (unpaired) electrons. The van der Waals surface area contributed by atoms with Gasteiger partial charge in [0.2, 0.25) is 0 Å². The number of rotatable bonds is 8. The zero-order valence-electron chi connectivity index (χ0n) is 14.7. The molecule has 1 N–H and O–H groups in total. The minimum absolute atomic E-state index is 0.113. The second-order valence-electron chi connectivity index (χ2n) is 5.93. The monoisotopic (exact) mass is 307 g/mol. The second-order valence-corrected chi connectivity index (χ2v) is 5.93. The minimum Gasteiger partial charge on any atom is -0.493 e. The van der Waals surface area contributed by atoms with Gasteiger partial charge in [0.15, 0.2) is 0 Å². The molecule has 1 aromatic rings. The first-order valence-corrected chi connectivity index (χ1v) is 7.98. The van der Waals surface area contributed by atoms with E-state index in [9.17, 15) is 4.79 Å². The minimum atomic E-state index is -0.798. The van der Waals surface area contributed by atoms with Crippen molar-refractivity contribution in [2.45, 2.75) is 59.5 Å². The number of benzene rings is 1. The number of amides is 1. The number of carbonyl (C=O) groups excluding carboxylic acids is 1. The third-order valence-electron chi connectivity index (χ3n) is 3.83. The van der Waals surface area contributed by atoms with Crippen molar-refractivity contribution in [1.29, 1.82) is 0 Å². The van der Waals surface area contributed by atoms with Gasteiger partial charge >= 0.3 is 0 Å². The van der Waals surface area contributed by atoms with E-state index >= 15 is 0 Å². The number of anilines is 1. The Morgan fingerprint density at radius 1 is 1.18 bits per heavy atom. The summed E-state index contributed by atoms with van der Waals surface area (Å²) in [5.74, 6) is 0.792. The van der Waals surface area contributed by atoms with Gasteiger partial charge in [-0.15, -0.1) is 0 Å². The van der Waals surface area contributed by atoms with Crippen LogP contribution < -0.4 is 10.1 Å². The lowest BCUT2D eigenvalue weighted by atomic mass is 9.99. The molecule has 4 heteroatoms. The Balaban J connectivity index is 2.92. The van der Waals surface area contributed by atoms with Crippen molar-refractivity contribution < 1.29 is 14.3 Å². The Morgan fingerprint density at radius 2 is 1.77 bits per heavy atom. The highest BCUT2D eigenvalue weighted by atomic mass is 16.5. The summed E-state index contributed by atoms with van der Waals surface area (Å²) in [5, 5.41) is 2.96. The zero-order chi connectivity index (χ0) is 16.8.